The molecule has 152 valence electrons. The van der Waals surface area contributed by atoms with Crippen LogP contribution in [0, 0.1) is 5.92 Å². The Labute approximate surface area is 166 Å². The Morgan fingerprint density at radius 3 is 2.50 bits per heavy atom. The summed E-state index contributed by atoms with van der Waals surface area (Å²) in [5.41, 5.74) is -0.155. The molecule has 1 aromatic heterocycles. The molecule has 1 N–H and O–H groups in total. The minimum absolute atomic E-state index is 0.0319. The second kappa shape index (κ2) is 9.14. The Bertz CT molecular complexity index is 798. The second-order valence-electron chi connectivity index (χ2n) is 6.51. The molecule has 0 bridgehead atoms. The summed E-state index contributed by atoms with van der Waals surface area (Å²) in [6.45, 7) is 4.20. The van der Waals surface area contributed by atoms with Crippen molar-refractivity contribution in [3.63, 3.8) is 0 Å². The zero-order chi connectivity index (χ0) is 20.9. The molecule has 2 rings (SSSR count). The number of alkyl halides is 3. The van der Waals surface area contributed by atoms with Crippen LogP contribution in [-0.2, 0) is 0 Å². The van der Waals surface area contributed by atoms with E-state index in [4.69, 9.17) is 11.6 Å². The van der Waals surface area contributed by atoms with Gasteiger partial charge in [0.15, 0.2) is 0 Å². The predicted octanol–water partition coefficient (Wildman–Crippen LogP) is 4.84. The number of pyridine rings is 1. The summed E-state index contributed by atoms with van der Waals surface area (Å²) >= 11 is 5.81. The lowest BCUT2D eigenvalue weighted by molar-refractivity contribution is -0.274. The molecule has 9 heteroatoms. The molecule has 0 saturated carbocycles. The summed E-state index contributed by atoms with van der Waals surface area (Å²) in [5, 5.41) is 3.62. The first-order chi connectivity index (χ1) is 13.1. The number of rotatable bonds is 7. The number of likely N-dealkylation sites (N-methyl/N-ethyl adjacent to an activating group) is 1. The van der Waals surface area contributed by atoms with Crippen LogP contribution in [0.15, 0.2) is 42.6 Å². The largest absolute Gasteiger partial charge is 0.573 e. The van der Waals surface area contributed by atoms with Gasteiger partial charge in [0.2, 0.25) is 0 Å². The highest BCUT2D eigenvalue weighted by molar-refractivity contribution is 6.30. The standard InChI is InChI=1S/C19H21ClF3N3O2/c1-12(2)15(11-25-17-9-8-13(20)10-24-17)26(3)18(27)14-6-4-5-7-16(14)28-19(21,22)23/h4-10,12,15H,11H2,1-3H3,(H,24,25)/t15-/m1/s1. The summed E-state index contributed by atoms with van der Waals surface area (Å²) in [6.07, 6.45) is -3.39. The van der Waals surface area contributed by atoms with E-state index in [1.54, 1.807) is 19.2 Å². The normalized spacial score (nSPS) is 12.6. The van der Waals surface area contributed by atoms with Crippen LogP contribution in [-0.4, -0.2) is 41.8 Å². The van der Waals surface area contributed by atoms with Crippen LogP contribution in [0.1, 0.15) is 24.2 Å². The van der Waals surface area contributed by atoms with Gasteiger partial charge in [0.25, 0.3) is 5.91 Å². The van der Waals surface area contributed by atoms with Crippen LogP contribution in [0.5, 0.6) is 5.75 Å². The zero-order valence-electron chi connectivity index (χ0n) is 15.6. The number of benzene rings is 1. The molecule has 0 aliphatic rings. The SMILES string of the molecule is CC(C)[C@@H](CNc1ccc(Cl)cn1)N(C)C(=O)c1ccccc1OC(F)(F)F. The van der Waals surface area contributed by atoms with E-state index in [9.17, 15) is 18.0 Å². The van der Waals surface area contributed by atoms with Gasteiger partial charge in [-0.3, -0.25) is 4.79 Å². The number of aromatic nitrogens is 1. The van der Waals surface area contributed by atoms with Crippen molar-refractivity contribution >= 4 is 23.3 Å². The van der Waals surface area contributed by atoms with Crippen molar-refractivity contribution in [3.05, 3.63) is 53.2 Å². The molecule has 1 amide bonds. The van der Waals surface area contributed by atoms with E-state index in [0.717, 1.165) is 6.07 Å². The summed E-state index contributed by atoms with van der Waals surface area (Å²) < 4.78 is 41.9. The van der Waals surface area contributed by atoms with E-state index in [0.29, 0.717) is 17.4 Å². The van der Waals surface area contributed by atoms with E-state index < -0.39 is 18.0 Å². The third-order valence-electron chi connectivity index (χ3n) is 4.15. The highest BCUT2D eigenvalue weighted by atomic mass is 35.5. The molecule has 0 aliphatic heterocycles. The highest BCUT2D eigenvalue weighted by Crippen LogP contribution is 2.28. The molecule has 28 heavy (non-hydrogen) atoms. The average Bonchev–Trinajstić information content (AvgIpc) is 2.61. The first kappa shape index (κ1) is 21.8. The minimum atomic E-state index is -4.88. The summed E-state index contributed by atoms with van der Waals surface area (Å²) in [6, 6.07) is 8.38. The molecule has 2 aromatic rings. The first-order valence-corrected chi connectivity index (χ1v) is 8.93. The van der Waals surface area contributed by atoms with Gasteiger partial charge in [0, 0.05) is 19.8 Å². The number of amides is 1. The van der Waals surface area contributed by atoms with Gasteiger partial charge in [0.05, 0.1) is 16.6 Å². The molecule has 1 atom stereocenters. The lowest BCUT2D eigenvalue weighted by atomic mass is 10.0. The molecule has 0 fully saturated rings. The van der Waals surface area contributed by atoms with Crippen molar-refractivity contribution in [1.82, 2.24) is 9.88 Å². The van der Waals surface area contributed by atoms with Crippen LogP contribution in [0.4, 0.5) is 19.0 Å². The summed E-state index contributed by atoms with van der Waals surface area (Å²) in [5.74, 6) is -0.479. The van der Waals surface area contributed by atoms with Crippen molar-refractivity contribution in [3.8, 4) is 5.75 Å². The smallest absolute Gasteiger partial charge is 0.405 e. The number of halogens is 4. The topological polar surface area (TPSA) is 54.5 Å². The predicted molar refractivity (Wildman–Crippen MR) is 102 cm³/mol. The molecule has 0 saturated heterocycles. The molecule has 0 aliphatic carbocycles. The number of carbonyl (C=O) groups excluding carboxylic acids is 1. The van der Waals surface area contributed by atoms with E-state index >= 15 is 0 Å². The quantitative estimate of drug-likeness (QED) is 0.702. The van der Waals surface area contributed by atoms with Gasteiger partial charge in [-0.15, -0.1) is 13.2 Å². The Morgan fingerprint density at radius 2 is 1.93 bits per heavy atom. The fourth-order valence-corrected chi connectivity index (χ4v) is 2.82. The van der Waals surface area contributed by atoms with Gasteiger partial charge < -0.3 is 15.0 Å². The summed E-state index contributed by atoms with van der Waals surface area (Å²) in [7, 11) is 1.55. The first-order valence-electron chi connectivity index (χ1n) is 8.56. The van der Waals surface area contributed by atoms with E-state index in [1.165, 1.54) is 29.3 Å². The molecule has 0 spiro atoms. The van der Waals surface area contributed by atoms with Gasteiger partial charge in [-0.2, -0.15) is 0 Å². The molecule has 1 heterocycles. The number of hydrogen-bond acceptors (Lipinski definition) is 4. The highest BCUT2D eigenvalue weighted by Gasteiger charge is 2.34. The third kappa shape index (κ3) is 6.02. The van der Waals surface area contributed by atoms with Gasteiger partial charge in [0.1, 0.15) is 11.6 Å². The van der Waals surface area contributed by atoms with E-state index in [2.05, 4.69) is 15.0 Å². The Morgan fingerprint density at radius 1 is 1.25 bits per heavy atom. The van der Waals surface area contributed by atoms with Crippen LogP contribution in [0.3, 0.4) is 0 Å². The van der Waals surface area contributed by atoms with Crippen molar-refractivity contribution in [2.24, 2.45) is 5.92 Å². The van der Waals surface area contributed by atoms with Gasteiger partial charge in [-0.05, 0) is 30.2 Å². The lowest BCUT2D eigenvalue weighted by Gasteiger charge is -2.32. The van der Waals surface area contributed by atoms with Crippen molar-refractivity contribution < 1.29 is 22.7 Å². The average molecular weight is 416 g/mol. The van der Waals surface area contributed by atoms with Crippen LogP contribution in [0.2, 0.25) is 5.02 Å². The number of para-hydroxylation sites is 1. The number of nitrogens with zero attached hydrogens (tertiary/aromatic N) is 2. The Hall–Kier alpha value is -2.48. The number of carbonyl (C=O) groups is 1. The Balaban J connectivity index is 2.17. The molecule has 0 unspecified atom stereocenters. The van der Waals surface area contributed by atoms with Crippen molar-refractivity contribution in [2.75, 3.05) is 18.9 Å². The van der Waals surface area contributed by atoms with Gasteiger partial charge in [-0.1, -0.05) is 37.6 Å². The number of ether oxygens (including phenoxy) is 1. The fraction of sp³-hybridized carbons (Fsp3) is 0.368. The van der Waals surface area contributed by atoms with Crippen LogP contribution < -0.4 is 10.1 Å². The lowest BCUT2D eigenvalue weighted by Crippen LogP contribution is -2.45. The maximum Gasteiger partial charge on any atom is 0.573 e. The van der Waals surface area contributed by atoms with Gasteiger partial charge in [-0.25, -0.2) is 4.98 Å². The minimum Gasteiger partial charge on any atom is -0.405 e. The van der Waals surface area contributed by atoms with Crippen molar-refractivity contribution in [1.29, 1.82) is 0 Å². The fourth-order valence-electron chi connectivity index (χ4n) is 2.71. The Kier molecular flexibility index (Phi) is 7.12. The van der Waals surface area contributed by atoms with Crippen LogP contribution >= 0.6 is 11.6 Å². The molecular weight excluding hydrogens is 395 g/mol. The molecule has 0 radical (unpaired) electrons. The zero-order valence-corrected chi connectivity index (χ0v) is 16.4. The van der Waals surface area contributed by atoms with E-state index in [1.807, 2.05) is 13.8 Å². The van der Waals surface area contributed by atoms with Crippen LogP contribution in [0.25, 0.3) is 0 Å². The molecule has 5 nitrogen and oxygen atoms in total. The van der Waals surface area contributed by atoms with E-state index in [-0.39, 0.29) is 17.5 Å². The third-order valence-corrected chi connectivity index (χ3v) is 4.37. The van der Waals surface area contributed by atoms with Gasteiger partial charge >= 0.3 is 6.36 Å². The number of anilines is 1. The summed E-state index contributed by atoms with van der Waals surface area (Å²) in [4.78, 5) is 18.4. The molecule has 1 aromatic carbocycles. The maximum absolute atomic E-state index is 12.9. The monoisotopic (exact) mass is 415 g/mol. The van der Waals surface area contributed by atoms with Crippen molar-refractivity contribution in [2.45, 2.75) is 26.3 Å². The number of hydrogen-bond donors (Lipinski definition) is 1. The second-order valence-corrected chi connectivity index (χ2v) is 6.95. The maximum atomic E-state index is 12.9. The molecular formula is C19H21ClF3N3O2. The number of nitrogens with one attached hydrogen (secondary N) is 1.